The summed E-state index contributed by atoms with van der Waals surface area (Å²) in [4.78, 5) is 12.2. The van der Waals surface area contributed by atoms with Gasteiger partial charge in [0.2, 0.25) is 6.33 Å². The van der Waals surface area contributed by atoms with Crippen LogP contribution >= 0.6 is 0 Å². The number of ether oxygens (including phenoxy) is 1. The van der Waals surface area contributed by atoms with Crippen molar-refractivity contribution in [3.05, 3.63) is 60.7 Å². The Morgan fingerprint density at radius 2 is 2.00 bits per heavy atom. The second-order valence-electron chi connectivity index (χ2n) is 8.55. The van der Waals surface area contributed by atoms with Gasteiger partial charge in [-0.05, 0) is 70.1 Å². The lowest BCUT2D eigenvalue weighted by Crippen LogP contribution is -2.41. The zero-order valence-corrected chi connectivity index (χ0v) is 19.1. The van der Waals surface area contributed by atoms with Gasteiger partial charge >= 0.3 is 6.09 Å². The van der Waals surface area contributed by atoms with Crippen molar-refractivity contribution in [2.45, 2.75) is 78.4 Å². The van der Waals surface area contributed by atoms with Crippen LogP contribution in [0.2, 0.25) is 0 Å². The van der Waals surface area contributed by atoms with E-state index in [0.29, 0.717) is 6.61 Å². The highest BCUT2D eigenvalue weighted by atomic mass is 16.5. The number of benzene rings is 1. The van der Waals surface area contributed by atoms with Crippen LogP contribution in [0.4, 0.5) is 4.79 Å². The molecule has 30 heavy (non-hydrogen) atoms. The molecule has 0 saturated carbocycles. The van der Waals surface area contributed by atoms with E-state index in [9.17, 15) is 4.79 Å². The smallest absolute Gasteiger partial charge is 0.407 e. The number of nitrogens with one attached hydrogen (secondary N) is 1. The highest BCUT2D eigenvalue weighted by molar-refractivity contribution is 5.69. The molecule has 1 N–H and O–H groups in total. The minimum absolute atomic E-state index is 0.367. The van der Waals surface area contributed by atoms with E-state index in [2.05, 4.69) is 52.7 Å². The van der Waals surface area contributed by atoms with E-state index in [4.69, 9.17) is 4.74 Å². The van der Waals surface area contributed by atoms with Gasteiger partial charge in [0.15, 0.2) is 0 Å². The van der Waals surface area contributed by atoms with Crippen LogP contribution in [0, 0.1) is 0 Å². The molecule has 1 amide bonds. The van der Waals surface area contributed by atoms with E-state index in [-0.39, 0.29) is 6.09 Å². The maximum absolute atomic E-state index is 12.2. The van der Waals surface area contributed by atoms with E-state index in [1.54, 1.807) is 0 Å². The van der Waals surface area contributed by atoms with Gasteiger partial charge in [-0.1, -0.05) is 37.3 Å². The number of rotatable bonds is 12. The van der Waals surface area contributed by atoms with Crippen molar-refractivity contribution in [1.29, 1.82) is 0 Å². The van der Waals surface area contributed by atoms with Crippen LogP contribution in [0.1, 0.15) is 70.9 Å². The maximum Gasteiger partial charge on any atom is 0.407 e. The number of carbonyl (C=O) groups excluding carboxylic acids is 1. The van der Waals surface area contributed by atoms with E-state index >= 15 is 0 Å². The summed E-state index contributed by atoms with van der Waals surface area (Å²) in [6, 6.07) is 8.10. The Balaban J connectivity index is 1.63. The average Bonchev–Trinajstić information content (AvgIpc) is 3.14. The molecule has 1 heterocycles. The van der Waals surface area contributed by atoms with Gasteiger partial charge in [-0.25, -0.2) is 13.9 Å². The molecule has 0 aliphatic carbocycles. The molecule has 0 unspecified atom stereocenters. The summed E-state index contributed by atoms with van der Waals surface area (Å²) < 4.78 is 9.86. The predicted molar refractivity (Wildman–Crippen MR) is 122 cm³/mol. The zero-order chi connectivity index (χ0) is 22.0. The van der Waals surface area contributed by atoms with Crippen LogP contribution in [0.3, 0.4) is 0 Å². The van der Waals surface area contributed by atoms with Crippen molar-refractivity contribution in [3.63, 3.8) is 0 Å². The van der Waals surface area contributed by atoms with Crippen molar-refractivity contribution in [2.75, 3.05) is 6.61 Å². The predicted octanol–water partition coefficient (Wildman–Crippen LogP) is 5.44. The number of aryl methyl sites for hydroxylation is 2. The molecule has 0 fully saturated rings. The molecule has 2 rings (SSSR count). The van der Waals surface area contributed by atoms with Gasteiger partial charge in [0.1, 0.15) is 12.4 Å². The second-order valence-corrected chi connectivity index (χ2v) is 8.55. The number of carbonyl (C=O) groups is 1. The summed E-state index contributed by atoms with van der Waals surface area (Å²) in [6.45, 7) is 14.7. The molecule has 0 aliphatic rings. The van der Waals surface area contributed by atoms with E-state index in [1.165, 1.54) is 0 Å². The third kappa shape index (κ3) is 7.69. The van der Waals surface area contributed by atoms with Crippen LogP contribution in [-0.4, -0.2) is 17.3 Å². The minimum atomic E-state index is -0.506. The van der Waals surface area contributed by atoms with E-state index < -0.39 is 5.54 Å². The molecule has 0 atom stereocenters. The molecule has 1 aromatic heterocycles. The number of unbranched alkanes of at least 4 members (excludes halogenated alkanes) is 3. The molecule has 1 aromatic carbocycles. The highest BCUT2D eigenvalue weighted by Gasteiger charge is 2.23. The summed E-state index contributed by atoms with van der Waals surface area (Å²) in [5, 5.41) is 2.98. The van der Waals surface area contributed by atoms with E-state index in [0.717, 1.165) is 61.9 Å². The van der Waals surface area contributed by atoms with Gasteiger partial charge in [0.05, 0.1) is 25.2 Å². The molecule has 0 radical (unpaired) electrons. The van der Waals surface area contributed by atoms with Crippen molar-refractivity contribution >= 4 is 11.7 Å². The molecular formula is C25H38N3O2+. The van der Waals surface area contributed by atoms with Gasteiger partial charge in [0, 0.05) is 0 Å². The molecular weight excluding hydrogens is 374 g/mol. The first kappa shape index (κ1) is 23.7. The molecule has 0 saturated heterocycles. The minimum Gasteiger partial charge on any atom is -0.450 e. The number of nitrogens with zero attached hydrogens (tertiary/aromatic N) is 2. The first-order valence-corrected chi connectivity index (χ1v) is 11.1. The fourth-order valence-electron chi connectivity index (χ4n) is 3.41. The number of amides is 1. The van der Waals surface area contributed by atoms with Crippen LogP contribution < -0.4 is 9.88 Å². The molecule has 5 heteroatoms. The zero-order valence-electron chi connectivity index (χ0n) is 19.1. The van der Waals surface area contributed by atoms with Crippen LogP contribution in [0.25, 0.3) is 5.57 Å². The summed E-state index contributed by atoms with van der Waals surface area (Å²) in [5.74, 6) is 0. The van der Waals surface area contributed by atoms with Crippen LogP contribution in [-0.2, 0) is 23.4 Å². The maximum atomic E-state index is 12.2. The lowest BCUT2D eigenvalue weighted by Gasteiger charge is -2.27. The summed E-state index contributed by atoms with van der Waals surface area (Å²) >= 11 is 0. The largest absolute Gasteiger partial charge is 0.450 e. The lowest BCUT2D eigenvalue weighted by atomic mass is 9.92. The summed E-state index contributed by atoms with van der Waals surface area (Å²) in [5.41, 5.74) is 2.61. The van der Waals surface area contributed by atoms with Gasteiger partial charge < -0.3 is 10.1 Å². The Hall–Kier alpha value is -2.56. The second kappa shape index (κ2) is 11.6. The van der Waals surface area contributed by atoms with Gasteiger partial charge in [0.25, 0.3) is 0 Å². The van der Waals surface area contributed by atoms with Crippen molar-refractivity contribution < 1.29 is 14.1 Å². The standard InChI is InChI=1S/C25H37N3O2/c1-6-14-27-16-17-28(20-27)15-9-7-8-10-18-30-24(29)26-25(4,5)23-13-11-12-22(19-23)21(2)3/h11-13,16-17,19-20H,2,6-10,14-15,18H2,1,3-5H3/p+1. The molecule has 0 spiro atoms. The summed E-state index contributed by atoms with van der Waals surface area (Å²) in [7, 11) is 0. The molecule has 0 aliphatic heterocycles. The van der Waals surface area contributed by atoms with Gasteiger partial charge in [-0.2, -0.15) is 0 Å². The fourth-order valence-corrected chi connectivity index (χ4v) is 3.41. The quantitative estimate of drug-likeness (QED) is 0.373. The Morgan fingerprint density at radius 3 is 2.73 bits per heavy atom. The number of hydrogen-bond acceptors (Lipinski definition) is 2. The molecule has 164 valence electrons. The van der Waals surface area contributed by atoms with Crippen molar-refractivity contribution in [3.8, 4) is 0 Å². The first-order chi connectivity index (χ1) is 14.3. The van der Waals surface area contributed by atoms with Crippen molar-refractivity contribution in [1.82, 2.24) is 9.88 Å². The molecule has 0 bridgehead atoms. The lowest BCUT2D eigenvalue weighted by molar-refractivity contribution is -0.696. The molecule has 5 nitrogen and oxygen atoms in total. The monoisotopic (exact) mass is 412 g/mol. The number of allylic oxidation sites excluding steroid dienone is 1. The number of aromatic nitrogens is 2. The van der Waals surface area contributed by atoms with Crippen LogP contribution in [0.15, 0.2) is 49.6 Å². The number of hydrogen-bond donors (Lipinski definition) is 1. The Morgan fingerprint density at radius 1 is 1.23 bits per heavy atom. The Labute approximate surface area is 181 Å². The van der Waals surface area contributed by atoms with Gasteiger partial charge in [-0.3, -0.25) is 0 Å². The fraction of sp³-hybridized carbons (Fsp3) is 0.520. The van der Waals surface area contributed by atoms with Gasteiger partial charge in [-0.15, -0.1) is 0 Å². The van der Waals surface area contributed by atoms with Crippen molar-refractivity contribution in [2.24, 2.45) is 0 Å². The Bertz CT molecular complexity index is 823. The first-order valence-electron chi connectivity index (χ1n) is 11.1. The number of imidazole rings is 1. The molecule has 2 aromatic rings. The SMILES string of the molecule is C=C(C)c1cccc(C(C)(C)NC(=O)OCCCCCCn2cc[n+](CCC)c2)c1. The topological polar surface area (TPSA) is 47.1 Å². The average molecular weight is 413 g/mol. The normalized spacial score (nSPS) is 11.3. The summed E-state index contributed by atoms with van der Waals surface area (Å²) in [6.07, 6.45) is 11.4. The third-order valence-corrected chi connectivity index (χ3v) is 5.26. The number of alkyl carbamates (subject to hydrolysis) is 1. The highest BCUT2D eigenvalue weighted by Crippen LogP contribution is 2.23. The van der Waals surface area contributed by atoms with E-state index in [1.807, 2.05) is 39.0 Å². The van der Waals surface area contributed by atoms with Crippen LogP contribution in [0.5, 0.6) is 0 Å². The Kier molecular flexibility index (Phi) is 9.15. The third-order valence-electron chi connectivity index (χ3n) is 5.26.